The minimum atomic E-state index is 0.105. The number of benzene rings is 1. The van der Waals surface area contributed by atoms with Gasteiger partial charge in [0.25, 0.3) is 0 Å². The normalized spacial score (nSPS) is 28.1. The standard InChI is InChI=1S/C15H18N2O2/c16-9-10-3-4-14-12(8-10)15-11(5-7-19-15)13(17-14)2-1-6-18/h3-4,8,11,13,15,17-18H,1-2,5-7H2/t11-,13-,15-/m1/s1. The van der Waals surface area contributed by atoms with Crippen LogP contribution in [0.3, 0.4) is 0 Å². The molecule has 0 spiro atoms. The number of fused-ring (bicyclic) bond motifs is 3. The Labute approximate surface area is 113 Å². The number of aliphatic hydroxyl groups excluding tert-OH is 1. The van der Waals surface area contributed by atoms with Gasteiger partial charge >= 0.3 is 0 Å². The molecule has 2 aliphatic rings. The number of hydrogen-bond acceptors (Lipinski definition) is 4. The summed E-state index contributed by atoms with van der Waals surface area (Å²) in [5.74, 6) is 0.452. The maximum Gasteiger partial charge on any atom is 0.0991 e. The lowest BCUT2D eigenvalue weighted by molar-refractivity contribution is 0.0813. The van der Waals surface area contributed by atoms with Crippen molar-refractivity contribution in [3.8, 4) is 6.07 Å². The Morgan fingerprint density at radius 2 is 2.37 bits per heavy atom. The number of nitrogens with one attached hydrogen (secondary N) is 1. The Morgan fingerprint density at radius 3 is 3.16 bits per heavy atom. The molecule has 3 rings (SSSR count). The quantitative estimate of drug-likeness (QED) is 0.872. The molecule has 4 heteroatoms. The van der Waals surface area contributed by atoms with E-state index in [4.69, 9.17) is 15.1 Å². The number of ether oxygens (including phenoxy) is 1. The van der Waals surface area contributed by atoms with Crippen LogP contribution >= 0.6 is 0 Å². The molecule has 1 saturated heterocycles. The van der Waals surface area contributed by atoms with Gasteiger partial charge in [0.2, 0.25) is 0 Å². The first kappa shape index (κ1) is 12.5. The van der Waals surface area contributed by atoms with Crippen LogP contribution in [0, 0.1) is 17.2 Å². The van der Waals surface area contributed by atoms with E-state index in [0.717, 1.165) is 37.1 Å². The number of nitrogens with zero attached hydrogens (tertiary/aromatic N) is 1. The van der Waals surface area contributed by atoms with Gasteiger partial charge in [-0.1, -0.05) is 0 Å². The van der Waals surface area contributed by atoms with E-state index >= 15 is 0 Å². The fourth-order valence-electron chi connectivity index (χ4n) is 3.24. The zero-order valence-corrected chi connectivity index (χ0v) is 10.8. The molecule has 1 aromatic carbocycles. The molecular weight excluding hydrogens is 240 g/mol. The van der Waals surface area contributed by atoms with Crippen LogP contribution in [-0.2, 0) is 4.74 Å². The lowest BCUT2D eigenvalue weighted by Gasteiger charge is -2.36. The lowest BCUT2D eigenvalue weighted by atomic mass is 9.82. The lowest BCUT2D eigenvalue weighted by Crippen LogP contribution is -2.36. The van der Waals surface area contributed by atoms with E-state index in [2.05, 4.69) is 11.4 Å². The average Bonchev–Trinajstić information content (AvgIpc) is 2.94. The van der Waals surface area contributed by atoms with Crippen LogP contribution in [0.1, 0.15) is 36.5 Å². The maximum atomic E-state index is 9.01. The Bertz CT molecular complexity index is 509. The van der Waals surface area contributed by atoms with E-state index in [0.29, 0.717) is 17.5 Å². The van der Waals surface area contributed by atoms with Crippen molar-refractivity contribution < 1.29 is 9.84 Å². The highest BCUT2D eigenvalue weighted by atomic mass is 16.5. The Morgan fingerprint density at radius 1 is 1.47 bits per heavy atom. The van der Waals surface area contributed by atoms with Crippen molar-refractivity contribution in [3.63, 3.8) is 0 Å². The molecule has 0 bridgehead atoms. The number of anilines is 1. The Hall–Kier alpha value is -1.57. The van der Waals surface area contributed by atoms with Crippen molar-refractivity contribution >= 4 is 5.69 Å². The van der Waals surface area contributed by atoms with Gasteiger partial charge in [-0.05, 0) is 37.5 Å². The first-order chi connectivity index (χ1) is 9.33. The van der Waals surface area contributed by atoms with Crippen molar-refractivity contribution in [3.05, 3.63) is 29.3 Å². The van der Waals surface area contributed by atoms with Crippen LogP contribution in [0.25, 0.3) is 0 Å². The van der Waals surface area contributed by atoms with Crippen LogP contribution in [0.15, 0.2) is 18.2 Å². The molecule has 0 radical (unpaired) electrons. The van der Waals surface area contributed by atoms with E-state index in [1.807, 2.05) is 18.2 Å². The molecule has 4 nitrogen and oxygen atoms in total. The number of aliphatic hydroxyl groups is 1. The molecule has 0 aliphatic carbocycles. The van der Waals surface area contributed by atoms with Gasteiger partial charge in [-0.25, -0.2) is 0 Å². The fraction of sp³-hybridized carbons (Fsp3) is 0.533. The highest BCUT2D eigenvalue weighted by Crippen LogP contribution is 2.45. The first-order valence-corrected chi connectivity index (χ1v) is 6.86. The third-order valence-electron chi connectivity index (χ3n) is 4.16. The molecule has 100 valence electrons. The molecule has 1 fully saturated rings. The molecule has 0 amide bonds. The second kappa shape index (κ2) is 5.20. The van der Waals surface area contributed by atoms with Crippen molar-refractivity contribution in [2.24, 2.45) is 5.92 Å². The molecule has 19 heavy (non-hydrogen) atoms. The van der Waals surface area contributed by atoms with Crippen molar-refractivity contribution in [2.75, 3.05) is 18.5 Å². The summed E-state index contributed by atoms with van der Waals surface area (Å²) in [4.78, 5) is 0. The van der Waals surface area contributed by atoms with Gasteiger partial charge in [-0.3, -0.25) is 0 Å². The largest absolute Gasteiger partial charge is 0.396 e. The van der Waals surface area contributed by atoms with Crippen LogP contribution in [-0.4, -0.2) is 24.4 Å². The highest BCUT2D eigenvalue weighted by molar-refractivity contribution is 5.58. The van der Waals surface area contributed by atoms with E-state index in [-0.39, 0.29) is 12.7 Å². The molecule has 0 unspecified atom stereocenters. The highest BCUT2D eigenvalue weighted by Gasteiger charge is 2.40. The molecule has 2 N–H and O–H groups in total. The summed E-state index contributed by atoms with van der Waals surface area (Å²) in [6.07, 6.45) is 2.92. The average molecular weight is 258 g/mol. The van der Waals surface area contributed by atoms with Gasteiger partial charge in [0.1, 0.15) is 0 Å². The van der Waals surface area contributed by atoms with Gasteiger partial charge in [0, 0.05) is 36.4 Å². The smallest absolute Gasteiger partial charge is 0.0991 e. The zero-order valence-electron chi connectivity index (χ0n) is 10.8. The number of rotatable bonds is 3. The Kier molecular flexibility index (Phi) is 3.41. The van der Waals surface area contributed by atoms with Gasteiger partial charge in [0.15, 0.2) is 0 Å². The first-order valence-electron chi connectivity index (χ1n) is 6.86. The fourth-order valence-corrected chi connectivity index (χ4v) is 3.24. The van der Waals surface area contributed by atoms with Crippen LogP contribution in [0.5, 0.6) is 0 Å². The summed E-state index contributed by atoms with van der Waals surface area (Å²) in [6, 6.07) is 8.29. The number of hydrogen-bond donors (Lipinski definition) is 2. The Balaban J connectivity index is 1.92. The third kappa shape index (κ3) is 2.20. The van der Waals surface area contributed by atoms with Gasteiger partial charge in [0.05, 0.1) is 17.7 Å². The SMILES string of the molecule is N#Cc1ccc2c(c1)[C@@H]1OCC[C@@H]1[C@@H](CCCO)N2. The minimum Gasteiger partial charge on any atom is -0.396 e. The van der Waals surface area contributed by atoms with E-state index in [1.165, 1.54) is 0 Å². The molecule has 2 heterocycles. The van der Waals surface area contributed by atoms with Crippen molar-refractivity contribution in [1.82, 2.24) is 0 Å². The summed E-state index contributed by atoms with van der Waals surface area (Å²) < 4.78 is 5.88. The van der Waals surface area contributed by atoms with Crippen molar-refractivity contribution in [1.29, 1.82) is 5.26 Å². The predicted molar refractivity (Wildman–Crippen MR) is 71.7 cm³/mol. The van der Waals surface area contributed by atoms with Crippen LogP contribution in [0.4, 0.5) is 5.69 Å². The third-order valence-corrected chi connectivity index (χ3v) is 4.16. The van der Waals surface area contributed by atoms with E-state index < -0.39 is 0 Å². The minimum absolute atomic E-state index is 0.105. The summed E-state index contributed by atoms with van der Waals surface area (Å²) in [5, 5.41) is 21.6. The summed E-state index contributed by atoms with van der Waals surface area (Å²) in [6.45, 7) is 1.01. The maximum absolute atomic E-state index is 9.01. The van der Waals surface area contributed by atoms with Gasteiger partial charge < -0.3 is 15.2 Å². The van der Waals surface area contributed by atoms with Crippen LogP contribution < -0.4 is 5.32 Å². The topological polar surface area (TPSA) is 65.3 Å². The van der Waals surface area contributed by atoms with E-state index in [9.17, 15) is 0 Å². The van der Waals surface area contributed by atoms with Crippen LogP contribution in [0.2, 0.25) is 0 Å². The molecule has 3 atom stereocenters. The number of nitriles is 1. The van der Waals surface area contributed by atoms with Gasteiger partial charge in [-0.2, -0.15) is 5.26 Å². The second-order valence-corrected chi connectivity index (χ2v) is 5.27. The van der Waals surface area contributed by atoms with Gasteiger partial charge in [-0.15, -0.1) is 0 Å². The molecule has 0 saturated carbocycles. The molecule has 1 aromatic rings. The summed E-state index contributed by atoms with van der Waals surface area (Å²) in [7, 11) is 0. The van der Waals surface area contributed by atoms with Crippen molar-refractivity contribution in [2.45, 2.75) is 31.4 Å². The zero-order chi connectivity index (χ0) is 13.2. The monoisotopic (exact) mass is 258 g/mol. The predicted octanol–water partition coefficient (Wildman–Crippen LogP) is 2.20. The molecule has 0 aromatic heterocycles. The molecular formula is C15H18N2O2. The summed E-state index contributed by atoms with van der Waals surface area (Å²) >= 11 is 0. The summed E-state index contributed by atoms with van der Waals surface area (Å²) in [5.41, 5.74) is 2.87. The van der Waals surface area contributed by atoms with E-state index in [1.54, 1.807) is 0 Å². The second-order valence-electron chi connectivity index (χ2n) is 5.27. The molecule has 2 aliphatic heterocycles.